The number of hydrogen-bond donors (Lipinski definition) is 1. The van der Waals surface area contributed by atoms with Gasteiger partial charge in [-0.25, -0.2) is 0 Å². The predicted molar refractivity (Wildman–Crippen MR) is 94.9 cm³/mol. The van der Waals surface area contributed by atoms with Crippen molar-refractivity contribution in [2.24, 2.45) is 0 Å². The average molecular weight is 323 g/mol. The van der Waals surface area contributed by atoms with Crippen molar-refractivity contribution in [2.45, 2.75) is 85.7 Å². The molecule has 1 fully saturated rings. The van der Waals surface area contributed by atoms with Gasteiger partial charge in [0.2, 0.25) is 0 Å². The van der Waals surface area contributed by atoms with Crippen molar-refractivity contribution >= 4 is 11.7 Å². The maximum absolute atomic E-state index is 11.9. The van der Waals surface area contributed by atoms with E-state index < -0.39 is 6.10 Å². The van der Waals surface area contributed by atoms with Crippen LogP contribution in [0.1, 0.15) is 79.6 Å². The summed E-state index contributed by atoms with van der Waals surface area (Å²) in [5, 5.41) is 2.63. The molecule has 1 aliphatic rings. The SMILES string of the molecule is C.CCCCCC/C(C)=C/C(=O)C=C1NC(=O)C(CCCC)O1. The van der Waals surface area contributed by atoms with E-state index >= 15 is 0 Å². The zero-order valence-electron chi connectivity index (χ0n) is 14.1. The third kappa shape index (κ3) is 8.58. The molecule has 0 bridgehead atoms. The molecule has 1 heterocycles. The van der Waals surface area contributed by atoms with E-state index in [4.69, 9.17) is 4.74 Å². The molecule has 1 N–H and O–H groups in total. The van der Waals surface area contributed by atoms with E-state index in [9.17, 15) is 9.59 Å². The maximum atomic E-state index is 11.9. The Morgan fingerprint density at radius 2 is 1.87 bits per heavy atom. The Balaban J connectivity index is 0.00000484. The van der Waals surface area contributed by atoms with Crippen LogP contribution in [0.4, 0.5) is 0 Å². The summed E-state index contributed by atoms with van der Waals surface area (Å²) >= 11 is 0. The fraction of sp³-hybridized carbons (Fsp3) is 0.684. The lowest BCUT2D eigenvalue weighted by Crippen LogP contribution is -2.22. The second kappa shape index (κ2) is 11.9. The first-order chi connectivity index (χ1) is 10.6. The fourth-order valence-corrected chi connectivity index (χ4v) is 2.40. The first-order valence-electron chi connectivity index (χ1n) is 8.47. The van der Waals surface area contributed by atoms with Crippen LogP contribution in [-0.4, -0.2) is 17.8 Å². The van der Waals surface area contributed by atoms with Crippen molar-refractivity contribution in [3.63, 3.8) is 0 Å². The third-order valence-corrected chi connectivity index (χ3v) is 3.71. The van der Waals surface area contributed by atoms with E-state index in [-0.39, 0.29) is 25.0 Å². The van der Waals surface area contributed by atoms with Gasteiger partial charge < -0.3 is 4.74 Å². The van der Waals surface area contributed by atoms with E-state index in [0.717, 1.165) is 31.3 Å². The van der Waals surface area contributed by atoms with Crippen LogP contribution in [0.25, 0.3) is 0 Å². The summed E-state index contributed by atoms with van der Waals surface area (Å²) < 4.78 is 5.49. The molecule has 1 unspecified atom stereocenters. The zero-order chi connectivity index (χ0) is 16.4. The van der Waals surface area contributed by atoms with Crippen molar-refractivity contribution in [1.82, 2.24) is 5.32 Å². The Bertz CT molecular complexity index is 438. The largest absolute Gasteiger partial charge is 0.465 e. The van der Waals surface area contributed by atoms with Gasteiger partial charge in [0.1, 0.15) is 0 Å². The molecule has 0 radical (unpaired) electrons. The smallest absolute Gasteiger partial charge is 0.267 e. The van der Waals surface area contributed by atoms with Crippen LogP contribution in [0.5, 0.6) is 0 Å². The highest BCUT2D eigenvalue weighted by molar-refractivity contribution is 6.00. The Hall–Kier alpha value is -1.58. The molecule has 0 aliphatic carbocycles. The molecule has 1 saturated heterocycles. The predicted octanol–water partition coefficient (Wildman–Crippen LogP) is 4.65. The molecule has 0 spiro atoms. The molecule has 1 atom stereocenters. The number of ketones is 1. The molecular weight excluding hydrogens is 290 g/mol. The minimum absolute atomic E-state index is 0. The molecule has 0 aromatic carbocycles. The summed E-state index contributed by atoms with van der Waals surface area (Å²) in [5.74, 6) is 0.0123. The van der Waals surface area contributed by atoms with Crippen LogP contribution in [0.2, 0.25) is 0 Å². The number of hydrogen-bond acceptors (Lipinski definition) is 3. The number of carbonyl (C=O) groups excluding carboxylic acids is 2. The number of ether oxygens (including phenoxy) is 1. The van der Waals surface area contributed by atoms with E-state index in [0.29, 0.717) is 6.42 Å². The van der Waals surface area contributed by atoms with Gasteiger partial charge in [-0.15, -0.1) is 0 Å². The van der Waals surface area contributed by atoms with Gasteiger partial charge in [0.25, 0.3) is 5.91 Å². The maximum Gasteiger partial charge on any atom is 0.267 e. The topological polar surface area (TPSA) is 55.4 Å². The Morgan fingerprint density at radius 3 is 2.52 bits per heavy atom. The highest BCUT2D eigenvalue weighted by Gasteiger charge is 2.29. The van der Waals surface area contributed by atoms with E-state index in [1.54, 1.807) is 6.08 Å². The molecular formula is C19H33NO3. The van der Waals surface area contributed by atoms with Gasteiger partial charge in [-0.05, 0) is 38.7 Å². The minimum atomic E-state index is -0.446. The summed E-state index contributed by atoms with van der Waals surface area (Å²) in [6.07, 6.45) is 10.9. The first-order valence-corrected chi connectivity index (χ1v) is 8.47. The van der Waals surface area contributed by atoms with Crippen LogP contribution >= 0.6 is 0 Å². The van der Waals surface area contributed by atoms with Gasteiger partial charge >= 0.3 is 0 Å². The Kier molecular flexibility index (Phi) is 11.1. The second-order valence-corrected chi connectivity index (χ2v) is 5.95. The molecule has 1 amide bonds. The zero-order valence-corrected chi connectivity index (χ0v) is 14.1. The molecule has 4 nitrogen and oxygen atoms in total. The normalized spacial score (nSPS) is 19.3. The summed E-state index contributed by atoms with van der Waals surface area (Å²) in [7, 11) is 0. The highest BCUT2D eigenvalue weighted by atomic mass is 16.5. The van der Waals surface area contributed by atoms with Gasteiger partial charge in [0.15, 0.2) is 17.8 Å². The number of allylic oxidation sites excluding steroid dienone is 3. The number of carbonyl (C=O) groups is 2. The molecule has 132 valence electrons. The minimum Gasteiger partial charge on any atom is -0.465 e. The van der Waals surface area contributed by atoms with Gasteiger partial charge in [0, 0.05) is 6.08 Å². The van der Waals surface area contributed by atoms with Crippen LogP contribution < -0.4 is 5.32 Å². The van der Waals surface area contributed by atoms with Crippen molar-refractivity contribution in [1.29, 1.82) is 0 Å². The number of nitrogens with one attached hydrogen (secondary N) is 1. The van der Waals surface area contributed by atoms with Gasteiger partial charge in [-0.1, -0.05) is 52.5 Å². The lowest BCUT2D eigenvalue weighted by Gasteiger charge is -2.05. The summed E-state index contributed by atoms with van der Waals surface area (Å²) in [5.41, 5.74) is 1.07. The van der Waals surface area contributed by atoms with Gasteiger partial charge in [-0.3, -0.25) is 14.9 Å². The van der Waals surface area contributed by atoms with Crippen LogP contribution in [-0.2, 0) is 14.3 Å². The summed E-state index contributed by atoms with van der Waals surface area (Å²) in [4.78, 5) is 23.6. The quantitative estimate of drug-likeness (QED) is 0.470. The highest BCUT2D eigenvalue weighted by Crippen LogP contribution is 2.16. The fourth-order valence-electron chi connectivity index (χ4n) is 2.40. The Labute approximate surface area is 141 Å². The second-order valence-electron chi connectivity index (χ2n) is 5.95. The lowest BCUT2D eigenvalue weighted by molar-refractivity contribution is -0.123. The molecule has 0 aromatic heterocycles. The molecule has 0 aromatic rings. The molecule has 0 saturated carbocycles. The van der Waals surface area contributed by atoms with Crippen molar-refractivity contribution in [3.05, 3.63) is 23.6 Å². The summed E-state index contributed by atoms with van der Waals surface area (Å²) in [6, 6.07) is 0. The van der Waals surface area contributed by atoms with Gasteiger partial charge in [-0.2, -0.15) is 0 Å². The standard InChI is InChI=1S/C18H29NO3.CH4/c1-4-6-8-9-10-14(3)12-15(20)13-17-19-18(21)16(22-17)11-7-5-2;/h12-13,16H,4-11H2,1-3H3,(H,19,21);1H4/b14-12+,17-13?;. The molecule has 1 aliphatic heterocycles. The lowest BCUT2D eigenvalue weighted by atomic mass is 10.1. The Morgan fingerprint density at radius 1 is 1.17 bits per heavy atom. The number of unbranched alkanes of at least 4 members (excludes halogenated alkanes) is 4. The van der Waals surface area contributed by atoms with Crippen molar-refractivity contribution < 1.29 is 14.3 Å². The molecule has 4 heteroatoms. The van der Waals surface area contributed by atoms with Crippen LogP contribution in [0.3, 0.4) is 0 Å². The monoisotopic (exact) mass is 323 g/mol. The average Bonchev–Trinajstić information content (AvgIpc) is 2.81. The first kappa shape index (κ1) is 21.4. The number of rotatable bonds is 10. The molecule has 1 rings (SSSR count). The van der Waals surface area contributed by atoms with Crippen molar-refractivity contribution in [2.75, 3.05) is 0 Å². The van der Waals surface area contributed by atoms with E-state index in [1.165, 1.54) is 25.3 Å². The molecule has 23 heavy (non-hydrogen) atoms. The van der Waals surface area contributed by atoms with Gasteiger partial charge in [0.05, 0.1) is 0 Å². The number of amides is 1. The van der Waals surface area contributed by atoms with Crippen molar-refractivity contribution in [3.8, 4) is 0 Å². The third-order valence-electron chi connectivity index (χ3n) is 3.71. The summed E-state index contributed by atoms with van der Waals surface area (Å²) in [6.45, 7) is 6.23. The van der Waals surface area contributed by atoms with Crippen LogP contribution in [0, 0.1) is 0 Å². The van der Waals surface area contributed by atoms with E-state index in [1.807, 2.05) is 6.92 Å². The van der Waals surface area contributed by atoms with E-state index in [2.05, 4.69) is 19.2 Å². The van der Waals surface area contributed by atoms with Crippen LogP contribution in [0.15, 0.2) is 23.6 Å².